The Balaban J connectivity index is 1.78. The highest BCUT2D eigenvalue weighted by Gasteiger charge is 2.32. The number of carbonyl (C=O) groups is 2. The predicted octanol–water partition coefficient (Wildman–Crippen LogP) is 1.45. The van der Waals surface area contributed by atoms with E-state index in [2.05, 4.69) is 5.32 Å². The number of ether oxygens (including phenoxy) is 1. The van der Waals surface area contributed by atoms with Gasteiger partial charge in [0.2, 0.25) is 5.91 Å². The molecule has 3 rings (SSSR count). The van der Waals surface area contributed by atoms with Crippen LogP contribution in [-0.4, -0.2) is 35.8 Å². The van der Waals surface area contributed by atoms with Crippen LogP contribution >= 0.6 is 11.3 Å². The summed E-state index contributed by atoms with van der Waals surface area (Å²) in [4.78, 5) is 36.5. The number of rotatable bonds is 4. The van der Waals surface area contributed by atoms with Crippen molar-refractivity contribution in [2.75, 3.05) is 18.0 Å². The number of nitrogens with one attached hydrogen (secondary N) is 1. The number of amides is 2. The average molecular weight is 335 g/mol. The molecule has 1 aromatic carbocycles. The molecule has 2 amide bonds. The van der Waals surface area contributed by atoms with E-state index in [-0.39, 0.29) is 16.9 Å². The SMILES string of the molecule is CCC(=O)NC[C@H]1CN(c2ccc3c(c2)sc(=O)n3C)C(=O)O1. The molecule has 1 aliphatic rings. The summed E-state index contributed by atoms with van der Waals surface area (Å²) >= 11 is 1.14. The van der Waals surface area contributed by atoms with Crippen LogP contribution in [0.25, 0.3) is 10.2 Å². The van der Waals surface area contributed by atoms with Crippen LogP contribution in [-0.2, 0) is 16.6 Å². The van der Waals surface area contributed by atoms with Gasteiger partial charge in [-0.25, -0.2) is 4.79 Å². The molecule has 0 saturated carbocycles. The maximum atomic E-state index is 12.0. The third kappa shape index (κ3) is 2.94. The van der Waals surface area contributed by atoms with E-state index in [0.717, 1.165) is 21.6 Å². The van der Waals surface area contributed by atoms with Crippen molar-refractivity contribution in [3.05, 3.63) is 27.9 Å². The van der Waals surface area contributed by atoms with Gasteiger partial charge in [-0.2, -0.15) is 0 Å². The molecule has 23 heavy (non-hydrogen) atoms. The first-order valence-corrected chi connectivity index (χ1v) is 8.15. The minimum atomic E-state index is -0.441. The van der Waals surface area contributed by atoms with Crippen molar-refractivity contribution in [1.82, 2.24) is 9.88 Å². The molecule has 1 N–H and O–H groups in total. The van der Waals surface area contributed by atoms with Gasteiger partial charge in [-0.3, -0.25) is 14.5 Å². The Morgan fingerprint density at radius 3 is 2.96 bits per heavy atom. The number of hydrogen-bond donors (Lipinski definition) is 1. The number of fused-ring (bicyclic) bond motifs is 1. The van der Waals surface area contributed by atoms with Crippen molar-refractivity contribution in [3.63, 3.8) is 0 Å². The first-order chi connectivity index (χ1) is 11.0. The van der Waals surface area contributed by atoms with Gasteiger partial charge in [0.1, 0.15) is 6.10 Å². The van der Waals surface area contributed by atoms with E-state index >= 15 is 0 Å². The fraction of sp³-hybridized carbons (Fsp3) is 0.400. The molecule has 1 saturated heterocycles. The van der Waals surface area contributed by atoms with E-state index < -0.39 is 6.09 Å². The van der Waals surface area contributed by atoms with Crippen LogP contribution in [0.4, 0.5) is 10.5 Å². The average Bonchev–Trinajstić information content (AvgIpc) is 3.05. The number of nitrogens with zero attached hydrogens (tertiary/aromatic N) is 2. The Morgan fingerprint density at radius 2 is 2.22 bits per heavy atom. The lowest BCUT2D eigenvalue weighted by Gasteiger charge is -2.13. The van der Waals surface area contributed by atoms with Gasteiger partial charge in [0.05, 0.1) is 23.3 Å². The maximum absolute atomic E-state index is 12.0. The van der Waals surface area contributed by atoms with Gasteiger partial charge in [-0.1, -0.05) is 18.3 Å². The Hall–Kier alpha value is -2.35. The molecule has 7 nitrogen and oxygen atoms in total. The molecule has 1 aromatic heterocycles. The van der Waals surface area contributed by atoms with Gasteiger partial charge in [0.25, 0.3) is 0 Å². The van der Waals surface area contributed by atoms with Crippen LogP contribution < -0.4 is 15.1 Å². The molecule has 1 aliphatic heterocycles. The lowest BCUT2D eigenvalue weighted by atomic mass is 10.2. The molecule has 0 spiro atoms. The summed E-state index contributed by atoms with van der Waals surface area (Å²) in [6, 6.07) is 5.43. The lowest BCUT2D eigenvalue weighted by Crippen LogP contribution is -2.34. The third-order valence-electron chi connectivity index (χ3n) is 3.81. The molecular weight excluding hydrogens is 318 g/mol. The second kappa shape index (κ2) is 6.04. The summed E-state index contributed by atoms with van der Waals surface area (Å²) in [5, 5.41) is 2.72. The van der Waals surface area contributed by atoms with Gasteiger partial charge in [0, 0.05) is 19.2 Å². The predicted molar refractivity (Wildman–Crippen MR) is 88.0 cm³/mol. The highest BCUT2D eigenvalue weighted by molar-refractivity contribution is 7.16. The number of thiazole rings is 1. The molecule has 1 fully saturated rings. The van der Waals surface area contributed by atoms with Gasteiger partial charge >= 0.3 is 11.0 Å². The molecule has 1 atom stereocenters. The van der Waals surface area contributed by atoms with E-state index in [9.17, 15) is 14.4 Å². The number of carbonyl (C=O) groups excluding carboxylic acids is 2. The summed E-state index contributed by atoms with van der Waals surface area (Å²) < 4.78 is 7.68. The minimum absolute atomic E-state index is 0.0405. The number of aryl methyl sites for hydroxylation is 1. The smallest absolute Gasteiger partial charge is 0.414 e. The van der Waals surface area contributed by atoms with Crippen LogP contribution in [0.3, 0.4) is 0 Å². The lowest BCUT2D eigenvalue weighted by molar-refractivity contribution is -0.121. The first kappa shape index (κ1) is 15.5. The number of anilines is 1. The molecule has 8 heteroatoms. The number of cyclic esters (lactones) is 1. The Kier molecular flexibility index (Phi) is 4.08. The topological polar surface area (TPSA) is 80.6 Å². The summed E-state index contributed by atoms with van der Waals surface area (Å²) in [5.41, 5.74) is 1.52. The van der Waals surface area contributed by atoms with Crippen molar-refractivity contribution in [2.24, 2.45) is 7.05 Å². The Labute approximate surface area is 136 Å². The monoisotopic (exact) mass is 335 g/mol. The zero-order chi connectivity index (χ0) is 16.6. The van der Waals surface area contributed by atoms with Gasteiger partial charge in [0.15, 0.2) is 0 Å². The quantitative estimate of drug-likeness (QED) is 0.917. The molecule has 0 aliphatic carbocycles. The number of aromatic nitrogens is 1. The summed E-state index contributed by atoms with van der Waals surface area (Å²) in [5.74, 6) is -0.0741. The van der Waals surface area contributed by atoms with Crippen LogP contribution in [0.5, 0.6) is 0 Å². The molecule has 0 bridgehead atoms. The van der Waals surface area contributed by atoms with E-state index in [0.29, 0.717) is 25.2 Å². The second-order valence-corrected chi connectivity index (χ2v) is 6.35. The summed E-state index contributed by atoms with van der Waals surface area (Å²) in [7, 11) is 1.72. The van der Waals surface area contributed by atoms with Crippen LogP contribution in [0.1, 0.15) is 13.3 Å². The molecule has 122 valence electrons. The molecule has 2 heterocycles. The first-order valence-electron chi connectivity index (χ1n) is 7.34. The van der Waals surface area contributed by atoms with E-state index in [4.69, 9.17) is 4.74 Å². The largest absolute Gasteiger partial charge is 0.442 e. The third-order valence-corrected chi connectivity index (χ3v) is 4.81. The van der Waals surface area contributed by atoms with Gasteiger partial charge < -0.3 is 14.6 Å². The Bertz CT molecular complexity index is 826. The van der Waals surface area contributed by atoms with Crippen LogP contribution in [0.15, 0.2) is 23.0 Å². The molecular formula is C15H17N3O4S. The van der Waals surface area contributed by atoms with Crippen molar-refractivity contribution in [2.45, 2.75) is 19.4 Å². The van der Waals surface area contributed by atoms with E-state index in [1.807, 2.05) is 12.1 Å². The fourth-order valence-electron chi connectivity index (χ4n) is 2.48. The molecule has 2 aromatic rings. The zero-order valence-electron chi connectivity index (χ0n) is 12.9. The fourth-order valence-corrected chi connectivity index (χ4v) is 3.39. The normalized spacial score (nSPS) is 17.6. The van der Waals surface area contributed by atoms with Crippen LogP contribution in [0, 0.1) is 0 Å². The van der Waals surface area contributed by atoms with Crippen molar-refractivity contribution < 1.29 is 14.3 Å². The summed E-state index contributed by atoms with van der Waals surface area (Å²) in [6.45, 7) is 2.44. The standard InChI is InChI=1S/C15H17N3O4S/c1-3-13(19)16-7-10-8-18(14(20)22-10)9-4-5-11-12(6-9)23-15(21)17(11)2/h4-6,10H,3,7-8H2,1-2H3,(H,16,19)/t10-/m0/s1. The zero-order valence-corrected chi connectivity index (χ0v) is 13.7. The molecule has 0 unspecified atom stereocenters. The van der Waals surface area contributed by atoms with E-state index in [1.165, 1.54) is 4.90 Å². The van der Waals surface area contributed by atoms with Gasteiger partial charge in [-0.05, 0) is 18.2 Å². The maximum Gasteiger partial charge on any atom is 0.414 e. The van der Waals surface area contributed by atoms with Crippen LogP contribution in [0.2, 0.25) is 0 Å². The number of hydrogen-bond acceptors (Lipinski definition) is 5. The van der Waals surface area contributed by atoms with Gasteiger partial charge in [-0.15, -0.1) is 0 Å². The van der Waals surface area contributed by atoms with Crippen molar-refractivity contribution in [3.8, 4) is 0 Å². The minimum Gasteiger partial charge on any atom is -0.442 e. The van der Waals surface area contributed by atoms with E-state index in [1.54, 1.807) is 24.6 Å². The van der Waals surface area contributed by atoms with Crippen molar-refractivity contribution >= 4 is 39.2 Å². The Morgan fingerprint density at radius 1 is 1.43 bits per heavy atom. The number of benzene rings is 1. The van der Waals surface area contributed by atoms with Crippen molar-refractivity contribution in [1.29, 1.82) is 0 Å². The molecule has 0 radical (unpaired) electrons. The highest BCUT2D eigenvalue weighted by atomic mass is 32.1. The summed E-state index contributed by atoms with van der Waals surface area (Å²) in [6.07, 6.45) is -0.417. The highest BCUT2D eigenvalue weighted by Crippen LogP contribution is 2.27. The second-order valence-electron chi connectivity index (χ2n) is 5.35.